The van der Waals surface area contributed by atoms with Gasteiger partial charge in [-0.2, -0.15) is 0 Å². The highest BCUT2D eigenvalue weighted by molar-refractivity contribution is 7.22. The molecule has 0 N–H and O–H groups in total. The molecule has 2 aromatic carbocycles. The van der Waals surface area contributed by atoms with Crippen LogP contribution < -0.4 is 14.4 Å². The van der Waals surface area contributed by atoms with Gasteiger partial charge in [-0.25, -0.2) is 4.98 Å². The predicted octanol–water partition coefficient (Wildman–Crippen LogP) is 5.12. The number of aromatic nitrogens is 2. The molecular formula is C22H17ClN4O5S. The summed E-state index contributed by atoms with van der Waals surface area (Å²) in [4.78, 5) is 34.7. The highest BCUT2D eigenvalue weighted by Crippen LogP contribution is 2.41. The average Bonchev–Trinajstić information content (AvgIpc) is 3.27. The molecule has 0 saturated heterocycles. The van der Waals surface area contributed by atoms with E-state index in [0.29, 0.717) is 32.4 Å². The Morgan fingerprint density at radius 3 is 2.61 bits per heavy atom. The topological polar surface area (TPSA) is 108 Å². The molecule has 168 valence electrons. The summed E-state index contributed by atoms with van der Waals surface area (Å²) in [6.07, 6.45) is 3.23. The maximum absolute atomic E-state index is 13.7. The Kier molecular flexibility index (Phi) is 6.38. The summed E-state index contributed by atoms with van der Waals surface area (Å²) in [5, 5.41) is 12.1. The van der Waals surface area contributed by atoms with E-state index < -0.39 is 10.8 Å². The molecule has 0 atom stereocenters. The van der Waals surface area contributed by atoms with Crippen LogP contribution in [0.1, 0.15) is 15.9 Å². The molecule has 4 rings (SSSR count). The highest BCUT2D eigenvalue weighted by Gasteiger charge is 2.29. The summed E-state index contributed by atoms with van der Waals surface area (Å²) < 4.78 is 11.5. The number of methoxy groups -OCH3 is 2. The number of pyridine rings is 1. The molecule has 1 amide bonds. The summed E-state index contributed by atoms with van der Waals surface area (Å²) in [6.45, 7) is 0.0841. The van der Waals surface area contributed by atoms with E-state index in [4.69, 9.17) is 21.1 Å². The molecule has 2 heterocycles. The number of rotatable bonds is 7. The Labute approximate surface area is 197 Å². The van der Waals surface area contributed by atoms with E-state index in [0.717, 1.165) is 0 Å². The maximum atomic E-state index is 13.7. The second-order valence-corrected chi connectivity index (χ2v) is 8.23. The van der Waals surface area contributed by atoms with Gasteiger partial charge >= 0.3 is 0 Å². The van der Waals surface area contributed by atoms with Crippen molar-refractivity contribution in [1.82, 2.24) is 9.97 Å². The number of halogens is 1. The summed E-state index contributed by atoms with van der Waals surface area (Å²) in [5.41, 5.74) is 0.738. The fourth-order valence-electron chi connectivity index (χ4n) is 3.27. The van der Waals surface area contributed by atoms with Crippen LogP contribution in [0, 0.1) is 10.1 Å². The first-order valence-electron chi connectivity index (χ1n) is 9.59. The normalized spacial score (nSPS) is 10.8. The van der Waals surface area contributed by atoms with E-state index in [1.165, 1.54) is 48.7 Å². The molecule has 0 aliphatic carbocycles. The van der Waals surface area contributed by atoms with Crippen molar-refractivity contribution in [2.24, 2.45) is 0 Å². The van der Waals surface area contributed by atoms with Crippen molar-refractivity contribution in [2.45, 2.75) is 6.54 Å². The first-order valence-corrected chi connectivity index (χ1v) is 10.8. The van der Waals surface area contributed by atoms with Crippen molar-refractivity contribution in [2.75, 3.05) is 19.1 Å². The Morgan fingerprint density at radius 2 is 1.94 bits per heavy atom. The Bertz CT molecular complexity index is 1300. The SMILES string of the molecule is COc1ccc(OC)c2sc(N(Cc3cccnc3)C(=O)c3cc(Cl)ccc3[N+](=O)[O-])nc12. The van der Waals surface area contributed by atoms with Gasteiger partial charge in [0.05, 0.1) is 25.7 Å². The van der Waals surface area contributed by atoms with Crippen LogP contribution in [0.3, 0.4) is 0 Å². The number of nitro groups is 1. The second-order valence-electron chi connectivity index (χ2n) is 6.82. The number of thiazole rings is 1. The summed E-state index contributed by atoms with van der Waals surface area (Å²) >= 11 is 7.28. The molecule has 0 saturated carbocycles. The molecule has 0 aliphatic rings. The van der Waals surface area contributed by atoms with Crippen molar-refractivity contribution in [1.29, 1.82) is 0 Å². The average molecular weight is 485 g/mol. The Morgan fingerprint density at radius 1 is 1.18 bits per heavy atom. The highest BCUT2D eigenvalue weighted by atomic mass is 35.5. The molecule has 0 unspecified atom stereocenters. The van der Waals surface area contributed by atoms with Crippen LogP contribution in [-0.4, -0.2) is 35.0 Å². The standard InChI is InChI=1S/C22H17ClN4O5S/c1-31-17-7-8-18(32-2)20-19(17)25-22(33-20)26(12-13-4-3-9-24-11-13)21(28)15-10-14(23)5-6-16(15)27(29)30/h3-11H,12H2,1-2H3. The lowest BCUT2D eigenvalue weighted by Crippen LogP contribution is -2.31. The number of hydrogen-bond acceptors (Lipinski definition) is 8. The van der Waals surface area contributed by atoms with Crippen LogP contribution in [0.2, 0.25) is 5.02 Å². The molecule has 4 aromatic rings. The predicted molar refractivity (Wildman–Crippen MR) is 126 cm³/mol. The van der Waals surface area contributed by atoms with E-state index in [9.17, 15) is 14.9 Å². The smallest absolute Gasteiger partial charge is 0.282 e. The van der Waals surface area contributed by atoms with Gasteiger partial charge in [-0.15, -0.1) is 0 Å². The molecule has 0 radical (unpaired) electrons. The van der Waals surface area contributed by atoms with E-state index in [2.05, 4.69) is 9.97 Å². The van der Waals surface area contributed by atoms with Crippen LogP contribution in [0.15, 0.2) is 54.9 Å². The van der Waals surface area contributed by atoms with Crippen molar-refractivity contribution in [3.63, 3.8) is 0 Å². The zero-order chi connectivity index (χ0) is 23.5. The zero-order valence-electron chi connectivity index (χ0n) is 17.5. The fraction of sp³-hybridized carbons (Fsp3) is 0.136. The molecule has 9 nitrogen and oxygen atoms in total. The van der Waals surface area contributed by atoms with Crippen molar-refractivity contribution in [3.8, 4) is 11.5 Å². The fourth-order valence-corrected chi connectivity index (χ4v) is 4.52. The largest absolute Gasteiger partial charge is 0.495 e. The van der Waals surface area contributed by atoms with E-state index >= 15 is 0 Å². The van der Waals surface area contributed by atoms with Gasteiger partial charge in [-0.05, 0) is 35.9 Å². The number of nitrogens with zero attached hydrogens (tertiary/aromatic N) is 4. The van der Waals surface area contributed by atoms with Crippen LogP contribution in [0.25, 0.3) is 10.2 Å². The number of carbonyl (C=O) groups is 1. The van der Waals surface area contributed by atoms with Crippen LogP contribution in [0.5, 0.6) is 11.5 Å². The second kappa shape index (κ2) is 9.39. The van der Waals surface area contributed by atoms with Crippen LogP contribution in [0.4, 0.5) is 10.8 Å². The molecule has 2 aromatic heterocycles. The lowest BCUT2D eigenvalue weighted by molar-refractivity contribution is -0.385. The number of amides is 1. The van der Waals surface area contributed by atoms with Gasteiger partial charge in [0.15, 0.2) is 5.13 Å². The quantitative estimate of drug-likeness (QED) is 0.264. The van der Waals surface area contributed by atoms with Crippen molar-refractivity contribution in [3.05, 3.63) is 81.1 Å². The van der Waals surface area contributed by atoms with Gasteiger partial charge < -0.3 is 9.47 Å². The van der Waals surface area contributed by atoms with Gasteiger partial charge in [0.2, 0.25) is 0 Å². The molecule has 33 heavy (non-hydrogen) atoms. The number of carbonyl (C=O) groups excluding carboxylic acids is 1. The Balaban J connectivity index is 1.89. The van der Waals surface area contributed by atoms with Crippen LogP contribution >= 0.6 is 22.9 Å². The van der Waals surface area contributed by atoms with Gasteiger partial charge in [-0.1, -0.05) is 29.0 Å². The van der Waals surface area contributed by atoms with E-state index in [-0.39, 0.29) is 22.8 Å². The molecular weight excluding hydrogens is 468 g/mol. The summed E-state index contributed by atoms with van der Waals surface area (Å²) in [5.74, 6) is 0.456. The molecule has 0 bridgehead atoms. The monoisotopic (exact) mass is 484 g/mol. The van der Waals surface area contributed by atoms with Gasteiger partial charge in [0.25, 0.3) is 11.6 Å². The minimum Gasteiger partial charge on any atom is -0.495 e. The number of benzene rings is 2. The number of nitro benzene ring substituents is 1. The number of anilines is 1. The number of ether oxygens (including phenoxy) is 2. The number of hydrogen-bond donors (Lipinski definition) is 0. The Hall–Kier alpha value is -3.76. The lowest BCUT2D eigenvalue weighted by atomic mass is 10.1. The van der Waals surface area contributed by atoms with E-state index in [1.54, 1.807) is 36.7 Å². The van der Waals surface area contributed by atoms with Crippen molar-refractivity contribution < 1.29 is 19.2 Å². The molecule has 0 aliphatic heterocycles. The summed E-state index contributed by atoms with van der Waals surface area (Å²) in [7, 11) is 3.06. The summed E-state index contributed by atoms with van der Waals surface area (Å²) in [6, 6.07) is 10.9. The van der Waals surface area contributed by atoms with Crippen LogP contribution in [-0.2, 0) is 6.54 Å². The molecule has 0 fully saturated rings. The molecule has 0 spiro atoms. The minimum atomic E-state index is -0.620. The molecule has 11 heteroatoms. The maximum Gasteiger partial charge on any atom is 0.282 e. The van der Waals surface area contributed by atoms with Gasteiger partial charge in [0.1, 0.15) is 27.3 Å². The minimum absolute atomic E-state index is 0.0841. The van der Waals surface area contributed by atoms with E-state index in [1.807, 2.05) is 0 Å². The van der Waals surface area contributed by atoms with Gasteiger partial charge in [0, 0.05) is 23.5 Å². The zero-order valence-corrected chi connectivity index (χ0v) is 19.1. The third kappa shape index (κ3) is 4.43. The van der Waals surface area contributed by atoms with Gasteiger partial charge in [-0.3, -0.25) is 24.8 Å². The third-order valence-electron chi connectivity index (χ3n) is 4.82. The third-order valence-corrected chi connectivity index (χ3v) is 6.15. The lowest BCUT2D eigenvalue weighted by Gasteiger charge is -2.20. The first-order chi connectivity index (χ1) is 15.9. The number of fused-ring (bicyclic) bond motifs is 1. The first kappa shape index (κ1) is 22.4. The van der Waals surface area contributed by atoms with Crippen molar-refractivity contribution >= 4 is 49.9 Å².